The highest BCUT2D eigenvalue weighted by molar-refractivity contribution is 7.89. The van der Waals surface area contributed by atoms with Crippen molar-refractivity contribution >= 4 is 21.9 Å². The van der Waals surface area contributed by atoms with E-state index in [1.54, 1.807) is 33.8 Å². The summed E-state index contributed by atoms with van der Waals surface area (Å²) in [5.74, 6) is -1.73. The zero-order chi connectivity index (χ0) is 18.5. The lowest BCUT2D eigenvalue weighted by molar-refractivity contribution is -0.139. The van der Waals surface area contributed by atoms with Crippen molar-refractivity contribution in [3.05, 3.63) is 29.3 Å². The molecule has 0 spiro atoms. The molecule has 1 unspecified atom stereocenters. The van der Waals surface area contributed by atoms with E-state index in [1.165, 1.54) is 16.4 Å². The molecule has 0 saturated carbocycles. The maximum Gasteiger partial charge on any atom is 0.326 e. The van der Waals surface area contributed by atoms with E-state index in [-0.39, 0.29) is 16.9 Å². The van der Waals surface area contributed by atoms with Crippen LogP contribution in [0.3, 0.4) is 0 Å². The summed E-state index contributed by atoms with van der Waals surface area (Å²) in [6.07, 6.45) is 0.234. The Morgan fingerprint density at radius 1 is 1.21 bits per heavy atom. The van der Waals surface area contributed by atoms with Gasteiger partial charge in [-0.1, -0.05) is 26.8 Å². The lowest BCUT2D eigenvalue weighted by Crippen LogP contribution is -2.40. The van der Waals surface area contributed by atoms with Crippen molar-refractivity contribution in [2.75, 3.05) is 13.1 Å². The highest BCUT2D eigenvalue weighted by Crippen LogP contribution is 2.19. The fraction of sp³-hybridized carbons (Fsp3) is 0.500. The zero-order valence-corrected chi connectivity index (χ0v) is 15.2. The van der Waals surface area contributed by atoms with Gasteiger partial charge < -0.3 is 10.4 Å². The van der Waals surface area contributed by atoms with Gasteiger partial charge in [-0.3, -0.25) is 4.79 Å². The van der Waals surface area contributed by atoms with Crippen LogP contribution in [0.5, 0.6) is 0 Å². The standard InChI is InChI=1S/C16H24N2O5S/c1-5-14(16(20)21)17-15(19)13-10-12(9-8-11(13)4)24(22,23)18(6-2)7-3/h8-10,14H,5-7H2,1-4H3,(H,17,19)(H,20,21). The second kappa shape index (κ2) is 8.25. The van der Waals surface area contributed by atoms with Gasteiger partial charge in [0.2, 0.25) is 10.0 Å². The minimum atomic E-state index is -3.69. The van der Waals surface area contributed by atoms with Crippen LogP contribution >= 0.6 is 0 Å². The Morgan fingerprint density at radius 3 is 2.25 bits per heavy atom. The molecule has 0 saturated heterocycles. The lowest BCUT2D eigenvalue weighted by Gasteiger charge is -2.19. The van der Waals surface area contributed by atoms with Crippen molar-refractivity contribution in [2.24, 2.45) is 0 Å². The molecule has 0 aromatic heterocycles. The average molecular weight is 356 g/mol. The molecule has 1 amide bonds. The first-order valence-electron chi connectivity index (χ1n) is 7.83. The maximum absolute atomic E-state index is 12.6. The quantitative estimate of drug-likeness (QED) is 0.736. The number of sulfonamides is 1. The van der Waals surface area contributed by atoms with Crippen LogP contribution in [-0.4, -0.2) is 48.8 Å². The van der Waals surface area contributed by atoms with Gasteiger partial charge in [0.25, 0.3) is 5.91 Å². The smallest absolute Gasteiger partial charge is 0.326 e. The molecular weight excluding hydrogens is 332 g/mol. The van der Waals surface area contributed by atoms with Crippen LogP contribution in [0.4, 0.5) is 0 Å². The van der Waals surface area contributed by atoms with Gasteiger partial charge in [0.05, 0.1) is 4.90 Å². The predicted octanol–water partition coefficient (Wildman–Crippen LogP) is 1.62. The Balaban J connectivity index is 3.23. The zero-order valence-electron chi connectivity index (χ0n) is 14.4. The Labute approximate surface area is 142 Å². The fourth-order valence-electron chi connectivity index (χ4n) is 2.29. The van der Waals surface area contributed by atoms with E-state index in [0.717, 1.165) is 0 Å². The van der Waals surface area contributed by atoms with Gasteiger partial charge in [0.1, 0.15) is 6.04 Å². The molecule has 0 bridgehead atoms. The number of hydrogen-bond acceptors (Lipinski definition) is 4. The van der Waals surface area contributed by atoms with Crippen LogP contribution in [0, 0.1) is 6.92 Å². The third-order valence-electron chi connectivity index (χ3n) is 3.81. The van der Waals surface area contributed by atoms with Crippen LogP contribution in [0.15, 0.2) is 23.1 Å². The molecule has 7 nitrogen and oxygen atoms in total. The molecule has 0 heterocycles. The third kappa shape index (κ3) is 4.33. The summed E-state index contributed by atoms with van der Waals surface area (Å²) >= 11 is 0. The molecule has 0 aliphatic carbocycles. The molecule has 1 aromatic carbocycles. The van der Waals surface area contributed by atoms with Crippen LogP contribution in [0.2, 0.25) is 0 Å². The number of nitrogens with one attached hydrogen (secondary N) is 1. The molecule has 8 heteroatoms. The lowest BCUT2D eigenvalue weighted by atomic mass is 10.1. The number of aryl methyl sites for hydroxylation is 1. The van der Waals surface area contributed by atoms with Crippen LogP contribution in [-0.2, 0) is 14.8 Å². The van der Waals surface area contributed by atoms with Gasteiger partial charge in [0, 0.05) is 18.7 Å². The molecule has 1 rings (SSSR count). The molecule has 1 aromatic rings. The Hall–Kier alpha value is -1.93. The van der Waals surface area contributed by atoms with Gasteiger partial charge in [-0.15, -0.1) is 0 Å². The highest BCUT2D eigenvalue weighted by atomic mass is 32.2. The third-order valence-corrected chi connectivity index (χ3v) is 5.85. The summed E-state index contributed by atoms with van der Waals surface area (Å²) in [7, 11) is -3.69. The summed E-state index contributed by atoms with van der Waals surface area (Å²) in [4.78, 5) is 23.4. The molecular formula is C16H24N2O5S. The van der Waals surface area contributed by atoms with Crippen molar-refractivity contribution in [3.8, 4) is 0 Å². The first kappa shape index (κ1) is 20.1. The van der Waals surface area contributed by atoms with Crippen molar-refractivity contribution < 1.29 is 23.1 Å². The number of carbonyl (C=O) groups is 2. The molecule has 0 aliphatic heterocycles. The second-order valence-corrected chi connectivity index (χ2v) is 7.28. The minimum absolute atomic E-state index is 0.0188. The number of benzene rings is 1. The maximum atomic E-state index is 12.6. The molecule has 0 aliphatic rings. The fourth-order valence-corrected chi connectivity index (χ4v) is 3.78. The van der Waals surface area contributed by atoms with Crippen LogP contribution < -0.4 is 5.32 Å². The van der Waals surface area contributed by atoms with Gasteiger partial charge in [-0.25, -0.2) is 13.2 Å². The monoisotopic (exact) mass is 356 g/mol. The topological polar surface area (TPSA) is 104 Å². The minimum Gasteiger partial charge on any atom is -0.480 e. The van der Waals surface area contributed by atoms with E-state index >= 15 is 0 Å². The summed E-state index contributed by atoms with van der Waals surface area (Å²) in [5, 5.41) is 11.5. The largest absolute Gasteiger partial charge is 0.480 e. The Bertz CT molecular complexity index is 711. The summed E-state index contributed by atoms with van der Waals surface area (Å²) < 4.78 is 26.4. The molecule has 1 atom stereocenters. The SMILES string of the molecule is CCC(NC(=O)c1cc(S(=O)(=O)N(CC)CC)ccc1C)C(=O)O. The number of carboxylic acids is 1. The highest BCUT2D eigenvalue weighted by Gasteiger charge is 2.25. The molecule has 2 N–H and O–H groups in total. The summed E-state index contributed by atoms with van der Waals surface area (Å²) in [6, 6.07) is 3.29. The van der Waals surface area contributed by atoms with E-state index in [0.29, 0.717) is 18.7 Å². The van der Waals surface area contributed by atoms with Crippen molar-refractivity contribution in [1.82, 2.24) is 9.62 Å². The average Bonchev–Trinajstić information content (AvgIpc) is 2.53. The van der Waals surface area contributed by atoms with Crippen LogP contribution in [0.1, 0.15) is 43.1 Å². The Morgan fingerprint density at radius 2 is 1.79 bits per heavy atom. The summed E-state index contributed by atoms with van der Waals surface area (Å²) in [5.41, 5.74) is 0.731. The molecule has 0 fully saturated rings. The Kier molecular flexibility index (Phi) is 6.92. The van der Waals surface area contributed by atoms with E-state index < -0.39 is 27.9 Å². The number of hydrogen-bond donors (Lipinski definition) is 2. The number of aliphatic carboxylic acids is 1. The van der Waals surface area contributed by atoms with E-state index in [4.69, 9.17) is 5.11 Å². The normalized spacial score (nSPS) is 12.9. The number of amides is 1. The van der Waals surface area contributed by atoms with E-state index in [1.807, 2.05) is 0 Å². The van der Waals surface area contributed by atoms with Crippen molar-refractivity contribution in [2.45, 2.75) is 45.1 Å². The first-order valence-corrected chi connectivity index (χ1v) is 9.27. The number of nitrogens with zero attached hydrogens (tertiary/aromatic N) is 1. The number of rotatable bonds is 8. The van der Waals surface area contributed by atoms with Crippen LogP contribution in [0.25, 0.3) is 0 Å². The van der Waals surface area contributed by atoms with Crippen molar-refractivity contribution in [3.63, 3.8) is 0 Å². The number of carboxylic acid groups (broad SMARTS) is 1. The predicted molar refractivity (Wildman–Crippen MR) is 90.5 cm³/mol. The van der Waals surface area contributed by atoms with Gasteiger partial charge >= 0.3 is 5.97 Å². The van der Waals surface area contributed by atoms with Crippen molar-refractivity contribution in [1.29, 1.82) is 0 Å². The second-order valence-electron chi connectivity index (χ2n) is 5.34. The van der Waals surface area contributed by atoms with Gasteiger partial charge in [-0.05, 0) is 31.0 Å². The molecule has 24 heavy (non-hydrogen) atoms. The first-order chi connectivity index (χ1) is 11.2. The molecule has 134 valence electrons. The van der Waals surface area contributed by atoms with Gasteiger partial charge in [-0.2, -0.15) is 4.31 Å². The van der Waals surface area contributed by atoms with E-state index in [2.05, 4.69) is 5.32 Å². The van der Waals surface area contributed by atoms with E-state index in [9.17, 15) is 18.0 Å². The van der Waals surface area contributed by atoms with Gasteiger partial charge in [0.15, 0.2) is 0 Å². The number of carbonyl (C=O) groups excluding carboxylic acids is 1. The molecule has 0 radical (unpaired) electrons. The summed E-state index contributed by atoms with van der Waals surface area (Å²) in [6.45, 7) is 7.44.